The summed E-state index contributed by atoms with van der Waals surface area (Å²) in [5.74, 6) is -0.0209. The zero-order valence-electron chi connectivity index (χ0n) is 6.40. The molecule has 0 amide bonds. The lowest BCUT2D eigenvalue weighted by Crippen LogP contribution is -1.92. The number of H-pyrrole nitrogens is 1. The fourth-order valence-corrected chi connectivity index (χ4v) is 0.933. The van der Waals surface area contributed by atoms with Crippen molar-refractivity contribution in [3.63, 3.8) is 0 Å². The van der Waals surface area contributed by atoms with E-state index in [-0.39, 0.29) is 5.78 Å². The lowest BCUT2D eigenvalue weighted by molar-refractivity contribution is 0.101. The normalized spacial score (nSPS) is 10.4. The van der Waals surface area contributed by atoms with E-state index in [0.29, 0.717) is 16.7 Å². The van der Waals surface area contributed by atoms with Crippen LogP contribution < -0.4 is 0 Å². The van der Waals surface area contributed by atoms with Crippen molar-refractivity contribution in [2.75, 3.05) is 0 Å². The predicted molar refractivity (Wildman–Crippen MR) is 41.7 cm³/mol. The molecule has 5 heteroatoms. The highest BCUT2D eigenvalue weighted by molar-refractivity contribution is 5.95. The van der Waals surface area contributed by atoms with Gasteiger partial charge in [0.25, 0.3) is 0 Å². The molecule has 0 aromatic carbocycles. The Balaban J connectivity index is 2.68. The third-order valence-electron chi connectivity index (χ3n) is 1.58. The van der Waals surface area contributed by atoms with Gasteiger partial charge in [-0.3, -0.25) is 4.79 Å². The molecule has 0 spiro atoms. The SMILES string of the molecule is CC(=O)c1cnc2n[nH]nc2c1. The maximum absolute atomic E-state index is 10.9. The third-order valence-corrected chi connectivity index (χ3v) is 1.58. The van der Waals surface area contributed by atoms with Crippen molar-refractivity contribution in [3.05, 3.63) is 17.8 Å². The highest BCUT2D eigenvalue weighted by Crippen LogP contribution is 2.06. The standard InChI is InChI=1S/C7H6N4O/c1-4(12)5-2-6-7(8-3-5)10-11-9-6/h2-3H,1H3,(H,8,9,10,11). The summed E-state index contributed by atoms with van der Waals surface area (Å²) in [7, 11) is 0. The van der Waals surface area contributed by atoms with Gasteiger partial charge in [-0.25, -0.2) is 4.98 Å². The molecule has 0 atom stereocenters. The number of rotatable bonds is 1. The molecule has 0 bridgehead atoms. The Labute approximate surface area is 67.8 Å². The Kier molecular flexibility index (Phi) is 1.36. The third kappa shape index (κ3) is 0.952. The molecule has 0 radical (unpaired) electrons. The van der Waals surface area contributed by atoms with Crippen molar-refractivity contribution in [3.8, 4) is 0 Å². The highest BCUT2D eigenvalue weighted by Gasteiger charge is 2.03. The van der Waals surface area contributed by atoms with Crippen molar-refractivity contribution in [1.82, 2.24) is 20.4 Å². The fraction of sp³-hybridized carbons (Fsp3) is 0.143. The molecule has 12 heavy (non-hydrogen) atoms. The van der Waals surface area contributed by atoms with Gasteiger partial charge < -0.3 is 0 Å². The summed E-state index contributed by atoms with van der Waals surface area (Å²) in [6.07, 6.45) is 1.49. The number of aromatic nitrogens is 4. The Morgan fingerprint density at radius 1 is 1.50 bits per heavy atom. The molecule has 1 N–H and O–H groups in total. The summed E-state index contributed by atoms with van der Waals surface area (Å²) in [5.41, 5.74) is 1.69. The molecule has 0 aliphatic rings. The first-order valence-electron chi connectivity index (χ1n) is 3.45. The average Bonchev–Trinajstić information content (AvgIpc) is 2.49. The zero-order chi connectivity index (χ0) is 8.55. The second kappa shape index (κ2) is 2.37. The molecule has 5 nitrogen and oxygen atoms in total. The second-order valence-corrected chi connectivity index (χ2v) is 2.45. The Hall–Kier alpha value is -1.78. The van der Waals surface area contributed by atoms with Crippen molar-refractivity contribution < 1.29 is 4.79 Å². The Morgan fingerprint density at radius 3 is 3.08 bits per heavy atom. The maximum Gasteiger partial charge on any atom is 0.201 e. The van der Waals surface area contributed by atoms with Crippen LogP contribution in [0.25, 0.3) is 11.2 Å². The monoisotopic (exact) mass is 162 g/mol. The van der Waals surface area contributed by atoms with Gasteiger partial charge in [-0.1, -0.05) is 0 Å². The summed E-state index contributed by atoms with van der Waals surface area (Å²) in [5, 5.41) is 10.0. The van der Waals surface area contributed by atoms with Crippen LogP contribution >= 0.6 is 0 Å². The number of aromatic amines is 1. The average molecular weight is 162 g/mol. The number of carbonyl (C=O) groups is 1. The van der Waals surface area contributed by atoms with Gasteiger partial charge in [-0.2, -0.15) is 10.3 Å². The number of carbonyl (C=O) groups excluding carboxylic acids is 1. The predicted octanol–water partition coefficient (Wildman–Crippen LogP) is 0.555. The van der Waals surface area contributed by atoms with E-state index in [4.69, 9.17) is 0 Å². The molecular formula is C7H6N4O. The molecule has 0 saturated heterocycles. The summed E-state index contributed by atoms with van der Waals surface area (Å²) in [6.45, 7) is 1.49. The van der Waals surface area contributed by atoms with E-state index >= 15 is 0 Å². The number of pyridine rings is 1. The van der Waals surface area contributed by atoms with Crippen LogP contribution in [0.2, 0.25) is 0 Å². The van der Waals surface area contributed by atoms with Gasteiger partial charge in [0, 0.05) is 11.8 Å². The van der Waals surface area contributed by atoms with Crippen molar-refractivity contribution in [2.45, 2.75) is 6.92 Å². The number of Topliss-reactive ketones (excluding diaryl/α,β-unsaturated/α-hetero) is 1. The molecular weight excluding hydrogens is 156 g/mol. The van der Waals surface area contributed by atoms with E-state index in [2.05, 4.69) is 20.4 Å². The number of hydrogen-bond donors (Lipinski definition) is 1. The Morgan fingerprint density at radius 2 is 2.33 bits per heavy atom. The van der Waals surface area contributed by atoms with Gasteiger partial charge >= 0.3 is 0 Å². The van der Waals surface area contributed by atoms with Crippen LogP contribution in [0.15, 0.2) is 12.3 Å². The van der Waals surface area contributed by atoms with Gasteiger partial charge in [0.05, 0.1) is 0 Å². The number of hydrogen-bond acceptors (Lipinski definition) is 4. The molecule has 2 aromatic rings. The first-order chi connectivity index (χ1) is 5.77. The first kappa shape index (κ1) is 6.90. The second-order valence-electron chi connectivity index (χ2n) is 2.45. The molecule has 0 aliphatic carbocycles. The lowest BCUT2D eigenvalue weighted by atomic mass is 10.2. The molecule has 0 aliphatic heterocycles. The van der Waals surface area contributed by atoms with Crippen LogP contribution in [0.1, 0.15) is 17.3 Å². The van der Waals surface area contributed by atoms with E-state index in [1.54, 1.807) is 6.07 Å². The van der Waals surface area contributed by atoms with Crippen LogP contribution in [-0.2, 0) is 0 Å². The van der Waals surface area contributed by atoms with E-state index < -0.39 is 0 Å². The lowest BCUT2D eigenvalue weighted by Gasteiger charge is -1.91. The van der Waals surface area contributed by atoms with Crippen LogP contribution in [-0.4, -0.2) is 26.2 Å². The van der Waals surface area contributed by atoms with Crippen LogP contribution in [0.5, 0.6) is 0 Å². The number of ketones is 1. The van der Waals surface area contributed by atoms with E-state index in [0.717, 1.165) is 0 Å². The van der Waals surface area contributed by atoms with Gasteiger partial charge in [0.1, 0.15) is 5.52 Å². The minimum atomic E-state index is -0.0209. The minimum absolute atomic E-state index is 0.0209. The van der Waals surface area contributed by atoms with Gasteiger partial charge in [-0.05, 0) is 13.0 Å². The molecule has 2 heterocycles. The van der Waals surface area contributed by atoms with Gasteiger partial charge in [0.15, 0.2) is 5.78 Å². The molecule has 2 rings (SSSR count). The van der Waals surface area contributed by atoms with Crippen LogP contribution in [0.4, 0.5) is 0 Å². The first-order valence-corrected chi connectivity index (χ1v) is 3.45. The van der Waals surface area contributed by atoms with Gasteiger partial charge in [0.2, 0.25) is 5.65 Å². The number of nitrogens with one attached hydrogen (secondary N) is 1. The van der Waals surface area contributed by atoms with Crippen molar-refractivity contribution in [1.29, 1.82) is 0 Å². The Bertz CT molecular complexity index is 434. The fourth-order valence-electron chi connectivity index (χ4n) is 0.933. The zero-order valence-corrected chi connectivity index (χ0v) is 6.40. The van der Waals surface area contributed by atoms with Crippen LogP contribution in [0.3, 0.4) is 0 Å². The molecule has 2 aromatic heterocycles. The van der Waals surface area contributed by atoms with Crippen molar-refractivity contribution >= 4 is 16.9 Å². The van der Waals surface area contributed by atoms with E-state index in [9.17, 15) is 4.79 Å². The summed E-state index contributed by atoms with van der Waals surface area (Å²) in [4.78, 5) is 14.8. The molecule has 0 unspecified atom stereocenters. The van der Waals surface area contributed by atoms with E-state index in [1.807, 2.05) is 0 Å². The molecule has 60 valence electrons. The minimum Gasteiger partial charge on any atom is -0.294 e. The summed E-state index contributed by atoms with van der Waals surface area (Å²) in [6, 6.07) is 1.66. The van der Waals surface area contributed by atoms with Gasteiger partial charge in [-0.15, -0.1) is 5.10 Å². The quantitative estimate of drug-likeness (QED) is 0.622. The number of nitrogens with zero attached hydrogens (tertiary/aromatic N) is 3. The maximum atomic E-state index is 10.9. The van der Waals surface area contributed by atoms with E-state index in [1.165, 1.54) is 13.1 Å². The largest absolute Gasteiger partial charge is 0.294 e. The highest BCUT2D eigenvalue weighted by atomic mass is 16.1. The molecule has 0 fully saturated rings. The summed E-state index contributed by atoms with van der Waals surface area (Å²) >= 11 is 0. The molecule has 0 saturated carbocycles. The summed E-state index contributed by atoms with van der Waals surface area (Å²) < 4.78 is 0. The van der Waals surface area contributed by atoms with Crippen LogP contribution in [0, 0.1) is 0 Å². The number of fused-ring (bicyclic) bond motifs is 1. The topological polar surface area (TPSA) is 71.5 Å². The van der Waals surface area contributed by atoms with Crippen molar-refractivity contribution in [2.24, 2.45) is 0 Å². The smallest absolute Gasteiger partial charge is 0.201 e.